The van der Waals surface area contributed by atoms with Crippen LogP contribution in [0.25, 0.3) is 0 Å². The van der Waals surface area contributed by atoms with Gasteiger partial charge < -0.3 is 15.5 Å². The molecule has 1 saturated heterocycles. The quantitative estimate of drug-likeness (QED) is 0.645. The molecule has 22 heavy (non-hydrogen) atoms. The van der Waals surface area contributed by atoms with Gasteiger partial charge in [0.15, 0.2) is 5.96 Å². The highest BCUT2D eigenvalue weighted by Gasteiger charge is 2.21. The first-order valence-electron chi connectivity index (χ1n) is 8.28. The third-order valence-corrected chi connectivity index (χ3v) is 5.09. The van der Waals surface area contributed by atoms with Gasteiger partial charge in [0, 0.05) is 36.6 Å². The van der Waals surface area contributed by atoms with Crippen LogP contribution in [0, 0.1) is 6.92 Å². The standard InChI is InChI=1S/C16H29N5S/c1-5-17-16(18-10-15-13(4)19-11-22-15)20-14-6-8-21(9-7-14)12(2)3/h11-12,14H,5-10H2,1-4H3,(H2,17,18,20). The van der Waals surface area contributed by atoms with Crippen molar-refractivity contribution < 1.29 is 0 Å². The lowest BCUT2D eigenvalue weighted by atomic mass is 10.0. The lowest BCUT2D eigenvalue weighted by molar-refractivity contribution is 0.167. The number of nitrogens with one attached hydrogen (secondary N) is 2. The third kappa shape index (κ3) is 4.95. The summed E-state index contributed by atoms with van der Waals surface area (Å²) in [6.07, 6.45) is 2.37. The molecule has 0 atom stereocenters. The molecule has 5 nitrogen and oxygen atoms in total. The molecule has 1 aliphatic heterocycles. The maximum absolute atomic E-state index is 4.72. The van der Waals surface area contributed by atoms with Gasteiger partial charge in [-0.1, -0.05) is 0 Å². The number of hydrogen-bond acceptors (Lipinski definition) is 4. The Balaban J connectivity index is 1.88. The molecule has 1 fully saturated rings. The Morgan fingerprint density at radius 1 is 1.45 bits per heavy atom. The van der Waals surface area contributed by atoms with Crippen molar-refractivity contribution >= 4 is 17.3 Å². The highest BCUT2D eigenvalue weighted by Crippen LogP contribution is 2.14. The molecule has 2 rings (SSSR count). The summed E-state index contributed by atoms with van der Waals surface area (Å²) in [4.78, 5) is 12.8. The molecular formula is C16H29N5S. The molecule has 0 saturated carbocycles. The van der Waals surface area contributed by atoms with Crippen LogP contribution in [-0.4, -0.2) is 47.6 Å². The monoisotopic (exact) mass is 323 g/mol. The summed E-state index contributed by atoms with van der Waals surface area (Å²) in [6.45, 7) is 12.6. The van der Waals surface area contributed by atoms with Crippen molar-refractivity contribution in [3.63, 3.8) is 0 Å². The number of aliphatic imine (C=N–C) groups is 1. The number of aromatic nitrogens is 1. The number of likely N-dealkylation sites (tertiary alicyclic amines) is 1. The van der Waals surface area contributed by atoms with E-state index in [0.29, 0.717) is 18.6 Å². The summed E-state index contributed by atoms with van der Waals surface area (Å²) in [5, 5.41) is 6.95. The fourth-order valence-electron chi connectivity index (χ4n) is 2.70. The fourth-order valence-corrected chi connectivity index (χ4v) is 3.40. The molecular weight excluding hydrogens is 294 g/mol. The largest absolute Gasteiger partial charge is 0.357 e. The van der Waals surface area contributed by atoms with E-state index in [1.807, 2.05) is 12.4 Å². The fraction of sp³-hybridized carbons (Fsp3) is 0.750. The summed E-state index contributed by atoms with van der Waals surface area (Å²) in [5.74, 6) is 0.929. The molecule has 0 amide bonds. The summed E-state index contributed by atoms with van der Waals surface area (Å²) < 4.78 is 0. The lowest BCUT2D eigenvalue weighted by Crippen LogP contribution is -2.49. The Kier molecular flexibility index (Phi) is 6.64. The van der Waals surface area contributed by atoms with E-state index in [-0.39, 0.29) is 0 Å². The topological polar surface area (TPSA) is 52.6 Å². The van der Waals surface area contributed by atoms with Crippen LogP contribution in [0.1, 0.15) is 44.2 Å². The van der Waals surface area contributed by atoms with Crippen LogP contribution in [0.5, 0.6) is 0 Å². The van der Waals surface area contributed by atoms with Crippen molar-refractivity contribution in [2.45, 2.75) is 59.2 Å². The number of hydrogen-bond donors (Lipinski definition) is 2. The van der Waals surface area contributed by atoms with E-state index in [4.69, 9.17) is 4.99 Å². The second kappa shape index (κ2) is 8.48. The first-order chi connectivity index (χ1) is 10.6. The van der Waals surface area contributed by atoms with E-state index >= 15 is 0 Å². The molecule has 0 unspecified atom stereocenters. The van der Waals surface area contributed by atoms with Crippen molar-refractivity contribution in [2.24, 2.45) is 4.99 Å². The third-order valence-electron chi connectivity index (χ3n) is 4.17. The molecule has 0 radical (unpaired) electrons. The molecule has 0 aliphatic carbocycles. The van der Waals surface area contributed by atoms with Crippen LogP contribution in [0.2, 0.25) is 0 Å². The Bertz CT molecular complexity index is 475. The maximum Gasteiger partial charge on any atom is 0.191 e. The van der Waals surface area contributed by atoms with Crippen LogP contribution >= 0.6 is 11.3 Å². The predicted octanol–water partition coefficient (Wildman–Crippen LogP) is 2.38. The highest BCUT2D eigenvalue weighted by atomic mass is 32.1. The van der Waals surface area contributed by atoms with E-state index < -0.39 is 0 Å². The van der Waals surface area contributed by atoms with Crippen LogP contribution < -0.4 is 10.6 Å². The Morgan fingerprint density at radius 2 is 2.18 bits per heavy atom. The van der Waals surface area contributed by atoms with Gasteiger partial charge >= 0.3 is 0 Å². The number of aryl methyl sites for hydroxylation is 1. The van der Waals surface area contributed by atoms with Crippen LogP contribution in [-0.2, 0) is 6.54 Å². The van der Waals surface area contributed by atoms with Crippen LogP contribution in [0.4, 0.5) is 0 Å². The van der Waals surface area contributed by atoms with Crippen molar-refractivity contribution in [2.75, 3.05) is 19.6 Å². The molecule has 2 heterocycles. The molecule has 124 valence electrons. The van der Waals surface area contributed by atoms with Gasteiger partial charge in [0.05, 0.1) is 17.7 Å². The zero-order valence-corrected chi connectivity index (χ0v) is 15.0. The van der Waals surface area contributed by atoms with E-state index in [9.17, 15) is 0 Å². The van der Waals surface area contributed by atoms with Gasteiger partial charge in [-0.3, -0.25) is 0 Å². The van der Waals surface area contributed by atoms with Crippen molar-refractivity contribution in [3.05, 3.63) is 16.1 Å². The molecule has 6 heteroatoms. The predicted molar refractivity (Wildman–Crippen MR) is 94.5 cm³/mol. The number of guanidine groups is 1. The van der Waals surface area contributed by atoms with Crippen molar-refractivity contribution in [3.8, 4) is 0 Å². The van der Waals surface area contributed by atoms with Crippen LogP contribution in [0.3, 0.4) is 0 Å². The zero-order chi connectivity index (χ0) is 15.9. The zero-order valence-electron chi connectivity index (χ0n) is 14.2. The Hall–Kier alpha value is -1.14. The number of rotatable bonds is 5. The average molecular weight is 324 g/mol. The second-order valence-corrected chi connectivity index (χ2v) is 7.04. The highest BCUT2D eigenvalue weighted by molar-refractivity contribution is 7.09. The SMILES string of the molecule is CCNC(=NCc1scnc1C)NC1CCN(C(C)C)CC1. The van der Waals surface area contributed by atoms with E-state index in [0.717, 1.165) is 18.2 Å². The smallest absolute Gasteiger partial charge is 0.191 e. The van der Waals surface area contributed by atoms with Crippen molar-refractivity contribution in [1.82, 2.24) is 20.5 Å². The minimum Gasteiger partial charge on any atom is -0.357 e. The molecule has 1 aliphatic rings. The van der Waals surface area contributed by atoms with Crippen LogP contribution in [0.15, 0.2) is 10.5 Å². The first-order valence-corrected chi connectivity index (χ1v) is 9.16. The maximum atomic E-state index is 4.72. The summed E-state index contributed by atoms with van der Waals surface area (Å²) in [6, 6.07) is 1.17. The van der Waals surface area contributed by atoms with Gasteiger partial charge in [-0.05, 0) is 40.5 Å². The molecule has 0 aromatic carbocycles. The van der Waals surface area contributed by atoms with E-state index in [1.54, 1.807) is 11.3 Å². The molecule has 2 N–H and O–H groups in total. The van der Waals surface area contributed by atoms with Gasteiger partial charge in [-0.2, -0.15) is 0 Å². The number of nitrogens with zero attached hydrogens (tertiary/aromatic N) is 3. The van der Waals surface area contributed by atoms with Gasteiger partial charge in [0.25, 0.3) is 0 Å². The van der Waals surface area contributed by atoms with Crippen molar-refractivity contribution in [1.29, 1.82) is 0 Å². The minimum atomic E-state index is 0.523. The van der Waals surface area contributed by atoms with E-state index in [2.05, 4.69) is 41.3 Å². The first kappa shape index (κ1) is 17.2. The molecule has 0 spiro atoms. The van der Waals surface area contributed by atoms with Gasteiger partial charge in [-0.25, -0.2) is 9.98 Å². The summed E-state index contributed by atoms with van der Waals surface area (Å²) >= 11 is 1.68. The number of thiazole rings is 1. The molecule has 1 aromatic heterocycles. The Labute approximate surface area is 138 Å². The minimum absolute atomic E-state index is 0.523. The number of piperidine rings is 1. The van der Waals surface area contributed by atoms with Gasteiger partial charge in [-0.15, -0.1) is 11.3 Å². The Morgan fingerprint density at radius 3 is 2.73 bits per heavy atom. The summed E-state index contributed by atoms with van der Waals surface area (Å²) in [5.41, 5.74) is 2.98. The normalized spacial score (nSPS) is 18.0. The average Bonchev–Trinajstić information content (AvgIpc) is 2.91. The van der Waals surface area contributed by atoms with Gasteiger partial charge in [0.2, 0.25) is 0 Å². The molecule has 1 aromatic rings. The van der Waals surface area contributed by atoms with E-state index in [1.165, 1.54) is 30.8 Å². The molecule has 0 bridgehead atoms. The van der Waals surface area contributed by atoms with Gasteiger partial charge in [0.1, 0.15) is 0 Å². The lowest BCUT2D eigenvalue weighted by Gasteiger charge is -2.35. The summed E-state index contributed by atoms with van der Waals surface area (Å²) in [7, 11) is 0. The second-order valence-electron chi connectivity index (χ2n) is 6.10.